The molecule has 1 fully saturated rings. The second kappa shape index (κ2) is 5.90. The number of hydrogen-bond acceptors (Lipinski definition) is 7. The lowest BCUT2D eigenvalue weighted by Crippen LogP contribution is -2.29. The van der Waals surface area contributed by atoms with Gasteiger partial charge < -0.3 is 29.2 Å². The molecule has 4 atom stereocenters. The number of carbonyl (C=O) groups excluding carboxylic acids is 1. The van der Waals surface area contributed by atoms with Crippen LogP contribution in [0.3, 0.4) is 0 Å². The van der Waals surface area contributed by atoms with Gasteiger partial charge in [-0.2, -0.15) is 0 Å². The Morgan fingerprint density at radius 2 is 2.13 bits per heavy atom. The van der Waals surface area contributed by atoms with E-state index in [2.05, 4.69) is 0 Å². The average Bonchev–Trinajstić information content (AvgIpc) is 2.88. The summed E-state index contributed by atoms with van der Waals surface area (Å²) in [6.07, 6.45) is -0.598. The predicted molar refractivity (Wildman–Crippen MR) is 78.9 cm³/mol. The molecule has 1 aromatic rings. The van der Waals surface area contributed by atoms with Gasteiger partial charge in [-0.25, -0.2) is 4.79 Å². The molecule has 0 aliphatic carbocycles. The Hall–Kier alpha value is -1.99. The maximum Gasteiger partial charge on any atom is 0.342 e. The lowest BCUT2D eigenvalue weighted by Gasteiger charge is -2.28. The van der Waals surface area contributed by atoms with Crippen LogP contribution in [-0.2, 0) is 9.47 Å². The Kier molecular flexibility index (Phi) is 4.08. The number of aliphatic hydroxyl groups is 1. The smallest absolute Gasteiger partial charge is 0.342 e. The molecule has 0 saturated carbocycles. The SMILES string of the molecule is COc1cc2c(c(OC)c1O)C(=O)O[C@@H]1C[C@H](C[C@H](C)O)O[C@H]21. The van der Waals surface area contributed by atoms with E-state index in [1.165, 1.54) is 14.2 Å². The number of fused-ring (bicyclic) bond motifs is 3. The molecule has 2 N–H and O–H groups in total. The Morgan fingerprint density at radius 1 is 1.39 bits per heavy atom. The molecule has 1 saturated heterocycles. The second-order valence-corrected chi connectivity index (χ2v) is 5.87. The minimum absolute atomic E-state index is 0.0189. The summed E-state index contributed by atoms with van der Waals surface area (Å²) >= 11 is 0. The molecule has 1 aromatic carbocycles. The Balaban J connectivity index is 2.04. The zero-order valence-corrected chi connectivity index (χ0v) is 13.2. The molecule has 7 heteroatoms. The molecule has 3 rings (SSSR count). The van der Waals surface area contributed by atoms with E-state index in [1.54, 1.807) is 13.0 Å². The molecule has 0 radical (unpaired) electrons. The number of rotatable bonds is 4. The lowest BCUT2D eigenvalue weighted by molar-refractivity contribution is -0.0294. The summed E-state index contributed by atoms with van der Waals surface area (Å²) in [6, 6.07) is 1.58. The number of phenols is 1. The Morgan fingerprint density at radius 3 is 2.74 bits per heavy atom. The summed E-state index contributed by atoms with van der Waals surface area (Å²) in [5.74, 6) is -0.581. The predicted octanol–water partition coefficient (Wildman–Crippen LogP) is 1.55. The lowest BCUT2D eigenvalue weighted by atomic mass is 9.93. The quantitative estimate of drug-likeness (QED) is 0.811. The van der Waals surface area contributed by atoms with E-state index < -0.39 is 24.3 Å². The molecule has 0 amide bonds. The van der Waals surface area contributed by atoms with Crippen molar-refractivity contribution in [3.8, 4) is 17.2 Å². The average molecular weight is 324 g/mol. The van der Waals surface area contributed by atoms with Crippen molar-refractivity contribution >= 4 is 5.97 Å². The minimum atomic E-state index is -0.558. The van der Waals surface area contributed by atoms with E-state index in [0.717, 1.165) is 0 Å². The Labute approximate surface area is 133 Å². The third-order valence-electron chi connectivity index (χ3n) is 4.22. The summed E-state index contributed by atoms with van der Waals surface area (Å²) in [6.45, 7) is 1.69. The minimum Gasteiger partial charge on any atom is -0.502 e. The molecule has 7 nitrogen and oxygen atoms in total. The highest BCUT2D eigenvalue weighted by molar-refractivity contribution is 5.97. The van der Waals surface area contributed by atoms with Crippen LogP contribution >= 0.6 is 0 Å². The standard InChI is InChI=1S/C16H20O7/c1-7(17)4-8-5-11-14(22-8)9-6-10(20-2)13(18)15(21-3)12(9)16(19)23-11/h6-8,11,14,17-18H,4-5H2,1-3H3/t7-,8-,11+,14+/m0/s1. The van der Waals surface area contributed by atoms with Gasteiger partial charge in [0.25, 0.3) is 0 Å². The molecule has 0 unspecified atom stereocenters. The van der Waals surface area contributed by atoms with Crippen LogP contribution in [0, 0.1) is 0 Å². The summed E-state index contributed by atoms with van der Waals surface area (Å²) in [7, 11) is 2.78. The van der Waals surface area contributed by atoms with Gasteiger partial charge in [0.15, 0.2) is 11.5 Å². The molecule has 2 aliphatic heterocycles. The summed E-state index contributed by atoms with van der Waals surface area (Å²) < 4.78 is 21.7. The number of aromatic hydroxyl groups is 1. The molecule has 23 heavy (non-hydrogen) atoms. The van der Waals surface area contributed by atoms with Crippen LogP contribution < -0.4 is 9.47 Å². The van der Waals surface area contributed by atoms with Crippen LogP contribution in [0.15, 0.2) is 6.07 Å². The van der Waals surface area contributed by atoms with E-state index in [9.17, 15) is 15.0 Å². The Bertz CT molecular complexity index is 625. The van der Waals surface area contributed by atoms with Gasteiger partial charge in [-0.15, -0.1) is 0 Å². The van der Waals surface area contributed by atoms with Gasteiger partial charge in [-0.05, 0) is 19.4 Å². The van der Waals surface area contributed by atoms with Crippen LogP contribution in [0.4, 0.5) is 0 Å². The molecule has 0 aromatic heterocycles. The van der Waals surface area contributed by atoms with Crippen LogP contribution in [0.1, 0.15) is 41.8 Å². The fourth-order valence-electron chi connectivity index (χ4n) is 3.28. The van der Waals surface area contributed by atoms with E-state index in [1.807, 2.05) is 0 Å². The molecule has 2 heterocycles. The van der Waals surface area contributed by atoms with Crippen LogP contribution in [-0.4, -0.2) is 48.7 Å². The number of phenolic OH excluding ortho intramolecular Hbond substituents is 1. The first-order valence-electron chi connectivity index (χ1n) is 7.48. The first-order chi connectivity index (χ1) is 11.0. The van der Waals surface area contributed by atoms with Gasteiger partial charge in [0.2, 0.25) is 5.75 Å². The first-order valence-corrected chi connectivity index (χ1v) is 7.48. The van der Waals surface area contributed by atoms with Crippen molar-refractivity contribution in [1.82, 2.24) is 0 Å². The highest BCUT2D eigenvalue weighted by atomic mass is 16.6. The summed E-state index contributed by atoms with van der Waals surface area (Å²) in [5, 5.41) is 19.7. The zero-order chi connectivity index (χ0) is 16.7. The monoisotopic (exact) mass is 324 g/mol. The molecular weight excluding hydrogens is 304 g/mol. The van der Waals surface area contributed by atoms with Crippen LogP contribution in [0.2, 0.25) is 0 Å². The van der Waals surface area contributed by atoms with Crippen molar-refractivity contribution in [1.29, 1.82) is 0 Å². The number of methoxy groups -OCH3 is 2. The van der Waals surface area contributed by atoms with Crippen LogP contribution in [0.5, 0.6) is 17.2 Å². The normalized spacial score (nSPS) is 27.0. The van der Waals surface area contributed by atoms with Gasteiger partial charge in [-0.1, -0.05) is 0 Å². The maximum atomic E-state index is 12.3. The van der Waals surface area contributed by atoms with E-state index in [4.69, 9.17) is 18.9 Å². The number of hydrogen-bond donors (Lipinski definition) is 2. The maximum absolute atomic E-state index is 12.3. The van der Waals surface area contributed by atoms with Crippen LogP contribution in [0.25, 0.3) is 0 Å². The first kappa shape index (κ1) is 15.9. The van der Waals surface area contributed by atoms with Crippen molar-refractivity contribution < 1.29 is 34.0 Å². The highest BCUT2D eigenvalue weighted by Gasteiger charge is 2.46. The van der Waals surface area contributed by atoms with Gasteiger partial charge in [-0.3, -0.25) is 0 Å². The fourth-order valence-corrected chi connectivity index (χ4v) is 3.28. The van der Waals surface area contributed by atoms with Gasteiger partial charge >= 0.3 is 5.97 Å². The summed E-state index contributed by atoms with van der Waals surface area (Å²) in [5.41, 5.74) is 0.732. The van der Waals surface area contributed by atoms with Gasteiger partial charge in [0.05, 0.1) is 26.4 Å². The highest BCUT2D eigenvalue weighted by Crippen LogP contribution is 2.49. The number of benzene rings is 1. The molecule has 0 spiro atoms. The molecule has 0 bridgehead atoms. The van der Waals surface area contributed by atoms with Crippen molar-refractivity contribution in [2.45, 2.75) is 44.2 Å². The third kappa shape index (κ3) is 2.60. The molecule has 2 aliphatic rings. The van der Waals surface area contributed by atoms with E-state index in [0.29, 0.717) is 18.4 Å². The van der Waals surface area contributed by atoms with E-state index in [-0.39, 0.29) is 28.9 Å². The second-order valence-electron chi connectivity index (χ2n) is 5.87. The number of esters is 1. The molecular formula is C16H20O7. The van der Waals surface area contributed by atoms with E-state index >= 15 is 0 Å². The van der Waals surface area contributed by atoms with Crippen molar-refractivity contribution in [3.63, 3.8) is 0 Å². The fraction of sp³-hybridized carbons (Fsp3) is 0.562. The number of aliphatic hydroxyl groups excluding tert-OH is 1. The zero-order valence-electron chi connectivity index (χ0n) is 13.2. The van der Waals surface area contributed by atoms with Crippen molar-refractivity contribution in [2.24, 2.45) is 0 Å². The number of ether oxygens (including phenoxy) is 4. The van der Waals surface area contributed by atoms with Gasteiger partial charge in [0.1, 0.15) is 17.8 Å². The largest absolute Gasteiger partial charge is 0.502 e. The van der Waals surface area contributed by atoms with Gasteiger partial charge in [0, 0.05) is 12.0 Å². The van der Waals surface area contributed by atoms with Crippen molar-refractivity contribution in [2.75, 3.05) is 14.2 Å². The molecule has 126 valence electrons. The topological polar surface area (TPSA) is 94.5 Å². The third-order valence-corrected chi connectivity index (χ3v) is 4.22. The number of carbonyl (C=O) groups is 1. The summed E-state index contributed by atoms with van der Waals surface area (Å²) in [4.78, 5) is 12.3. The van der Waals surface area contributed by atoms with Crippen molar-refractivity contribution in [3.05, 3.63) is 17.2 Å².